The van der Waals surface area contributed by atoms with Crippen molar-refractivity contribution < 1.29 is 27.9 Å². The van der Waals surface area contributed by atoms with Gasteiger partial charge in [-0.05, 0) is 53.9 Å². The van der Waals surface area contributed by atoms with E-state index < -0.39 is 11.7 Å². The van der Waals surface area contributed by atoms with Crippen molar-refractivity contribution in [2.75, 3.05) is 20.1 Å². The number of halogens is 3. The van der Waals surface area contributed by atoms with Gasteiger partial charge in [-0.25, -0.2) is 0 Å². The SMILES string of the molecule is CN(O)CCC(=O)N1CCc2ccc(Oc3ccc(C(F)(F)F)cc3)cc2C1. The molecule has 0 atom stereocenters. The van der Waals surface area contributed by atoms with E-state index in [0.29, 0.717) is 24.6 Å². The Bertz CT molecular complexity index is 836. The monoisotopic (exact) mass is 394 g/mol. The molecule has 0 aliphatic carbocycles. The highest BCUT2D eigenvalue weighted by atomic mass is 19.4. The molecule has 1 heterocycles. The van der Waals surface area contributed by atoms with E-state index in [4.69, 9.17) is 4.74 Å². The van der Waals surface area contributed by atoms with Gasteiger partial charge in [0.05, 0.1) is 5.56 Å². The van der Waals surface area contributed by atoms with Gasteiger partial charge in [-0.3, -0.25) is 4.79 Å². The molecule has 2 aromatic rings. The second-order valence-corrected chi connectivity index (χ2v) is 6.75. The van der Waals surface area contributed by atoms with E-state index in [-0.39, 0.29) is 18.9 Å². The Morgan fingerprint density at radius 2 is 1.82 bits per heavy atom. The van der Waals surface area contributed by atoms with Gasteiger partial charge in [0.15, 0.2) is 0 Å². The second-order valence-electron chi connectivity index (χ2n) is 6.75. The Balaban J connectivity index is 1.68. The van der Waals surface area contributed by atoms with Crippen molar-refractivity contribution in [2.45, 2.75) is 25.6 Å². The molecule has 28 heavy (non-hydrogen) atoms. The molecule has 1 amide bonds. The molecule has 1 N–H and O–H groups in total. The highest BCUT2D eigenvalue weighted by Gasteiger charge is 2.30. The van der Waals surface area contributed by atoms with Crippen molar-refractivity contribution in [1.29, 1.82) is 0 Å². The van der Waals surface area contributed by atoms with E-state index in [1.165, 1.54) is 19.2 Å². The van der Waals surface area contributed by atoms with Crippen molar-refractivity contribution in [1.82, 2.24) is 9.96 Å². The number of fused-ring (bicyclic) bond motifs is 1. The molecule has 1 aliphatic rings. The number of ether oxygens (including phenoxy) is 1. The molecule has 0 fully saturated rings. The normalized spacial score (nSPS) is 14.1. The highest BCUT2D eigenvalue weighted by Crippen LogP contribution is 2.32. The number of amides is 1. The van der Waals surface area contributed by atoms with Crippen LogP contribution in [0.4, 0.5) is 13.2 Å². The summed E-state index contributed by atoms with van der Waals surface area (Å²) in [6, 6.07) is 10.0. The maximum absolute atomic E-state index is 12.6. The maximum Gasteiger partial charge on any atom is 0.416 e. The third-order valence-corrected chi connectivity index (χ3v) is 4.61. The van der Waals surface area contributed by atoms with Gasteiger partial charge in [0.2, 0.25) is 5.91 Å². The molecular weight excluding hydrogens is 373 g/mol. The fraction of sp³-hybridized carbons (Fsp3) is 0.350. The molecule has 3 rings (SSSR count). The van der Waals surface area contributed by atoms with Crippen LogP contribution in [0.2, 0.25) is 0 Å². The average molecular weight is 394 g/mol. The highest BCUT2D eigenvalue weighted by molar-refractivity contribution is 5.76. The lowest BCUT2D eigenvalue weighted by Gasteiger charge is -2.29. The van der Waals surface area contributed by atoms with Crippen LogP contribution in [0.3, 0.4) is 0 Å². The lowest BCUT2D eigenvalue weighted by atomic mass is 9.99. The van der Waals surface area contributed by atoms with Crippen LogP contribution in [0.15, 0.2) is 42.5 Å². The van der Waals surface area contributed by atoms with Crippen LogP contribution in [0.5, 0.6) is 11.5 Å². The summed E-state index contributed by atoms with van der Waals surface area (Å²) in [5.74, 6) is 0.770. The quantitative estimate of drug-likeness (QED) is 0.776. The minimum absolute atomic E-state index is 0.0411. The fourth-order valence-corrected chi connectivity index (χ4v) is 3.07. The van der Waals surface area contributed by atoms with E-state index in [1.807, 2.05) is 12.1 Å². The van der Waals surface area contributed by atoms with E-state index >= 15 is 0 Å². The van der Waals surface area contributed by atoms with E-state index in [9.17, 15) is 23.2 Å². The fourth-order valence-electron chi connectivity index (χ4n) is 3.07. The average Bonchev–Trinajstić information content (AvgIpc) is 2.65. The third kappa shape index (κ3) is 5.02. The number of carbonyl (C=O) groups excluding carboxylic acids is 1. The van der Waals surface area contributed by atoms with Gasteiger partial charge in [0, 0.05) is 33.1 Å². The molecule has 0 saturated carbocycles. The predicted octanol–water partition coefficient (Wildman–Crippen LogP) is 4.09. The van der Waals surface area contributed by atoms with Crippen molar-refractivity contribution in [3.63, 3.8) is 0 Å². The molecular formula is C20H21F3N2O3. The van der Waals surface area contributed by atoms with Crippen LogP contribution in [-0.2, 0) is 23.9 Å². The molecule has 5 nitrogen and oxygen atoms in total. The van der Waals surface area contributed by atoms with E-state index in [2.05, 4.69) is 0 Å². The maximum atomic E-state index is 12.6. The van der Waals surface area contributed by atoms with Gasteiger partial charge in [-0.2, -0.15) is 18.2 Å². The summed E-state index contributed by atoms with van der Waals surface area (Å²) in [7, 11) is 1.49. The zero-order valence-corrected chi connectivity index (χ0v) is 15.4. The van der Waals surface area contributed by atoms with E-state index in [0.717, 1.165) is 34.7 Å². The third-order valence-electron chi connectivity index (χ3n) is 4.61. The Morgan fingerprint density at radius 3 is 2.46 bits per heavy atom. The van der Waals surface area contributed by atoms with E-state index in [1.54, 1.807) is 11.0 Å². The molecule has 0 spiro atoms. The number of alkyl halides is 3. The van der Waals surface area contributed by atoms with Crippen LogP contribution in [0, 0.1) is 0 Å². The Hall–Kier alpha value is -2.58. The van der Waals surface area contributed by atoms with Gasteiger partial charge in [0.1, 0.15) is 11.5 Å². The smallest absolute Gasteiger partial charge is 0.416 e. The largest absolute Gasteiger partial charge is 0.457 e. The first-order valence-electron chi connectivity index (χ1n) is 8.87. The van der Waals surface area contributed by atoms with Gasteiger partial charge < -0.3 is 14.8 Å². The van der Waals surface area contributed by atoms with Gasteiger partial charge in [-0.1, -0.05) is 6.07 Å². The number of hydrogen-bond donors (Lipinski definition) is 1. The molecule has 0 unspecified atom stereocenters. The number of rotatable bonds is 5. The predicted molar refractivity (Wildman–Crippen MR) is 96.1 cm³/mol. The lowest BCUT2D eigenvalue weighted by Crippen LogP contribution is -2.37. The lowest BCUT2D eigenvalue weighted by molar-refractivity contribution is -0.137. The summed E-state index contributed by atoms with van der Waals surface area (Å²) in [5.41, 5.74) is 1.33. The Labute approximate surface area is 160 Å². The summed E-state index contributed by atoms with van der Waals surface area (Å²) >= 11 is 0. The number of hydroxylamine groups is 2. The topological polar surface area (TPSA) is 53.0 Å². The zero-order chi connectivity index (χ0) is 20.3. The second kappa shape index (κ2) is 8.20. The van der Waals surface area contributed by atoms with Crippen molar-refractivity contribution in [2.24, 2.45) is 0 Å². The molecule has 150 valence electrons. The van der Waals surface area contributed by atoms with Crippen LogP contribution < -0.4 is 4.74 Å². The molecule has 0 saturated heterocycles. The van der Waals surface area contributed by atoms with Crippen LogP contribution in [-0.4, -0.2) is 41.2 Å². The van der Waals surface area contributed by atoms with Crippen LogP contribution >= 0.6 is 0 Å². The molecule has 0 radical (unpaired) electrons. The molecule has 0 bridgehead atoms. The van der Waals surface area contributed by atoms with Crippen LogP contribution in [0.25, 0.3) is 0 Å². The molecule has 1 aliphatic heterocycles. The zero-order valence-electron chi connectivity index (χ0n) is 15.4. The number of carbonyl (C=O) groups is 1. The summed E-state index contributed by atoms with van der Waals surface area (Å²) in [4.78, 5) is 14.0. The molecule has 2 aromatic carbocycles. The summed E-state index contributed by atoms with van der Waals surface area (Å²) in [6.45, 7) is 1.31. The minimum Gasteiger partial charge on any atom is -0.457 e. The van der Waals surface area contributed by atoms with Gasteiger partial charge in [0.25, 0.3) is 0 Å². The number of benzene rings is 2. The Kier molecular flexibility index (Phi) is 5.90. The summed E-state index contributed by atoms with van der Waals surface area (Å²) in [6.07, 6.45) is -3.44. The minimum atomic E-state index is -4.38. The van der Waals surface area contributed by atoms with Crippen molar-refractivity contribution in [3.8, 4) is 11.5 Å². The standard InChI is InChI=1S/C20H21F3N2O3/c1-24(27)10-9-19(26)25-11-8-14-2-5-18(12-15(14)13-25)28-17-6-3-16(4-7-17)20(21,22)23/h2-7,12,27H,8-11,13H2,1H3. The van der Waals surface area contributed by atoms with Crippen molar-refractivity contribution in [3.05, 3.63) is 59.2 Å². The summed E-state index contributed by atoms with van der Waals surface area (Å²) in [5, 5.41) is 10.2. The van der Waals surface area contributed by atoms with Gasteiger partial charge >= 0.3 is 6.18 Å². The number of hydrogen-bond acceptors (Lipinski definition) is 4. The summed E-state index contributed by atoms with van der Waals surface area (Å²) < 4.78 is 43.6. The Morgan fingerprint density at radius 1 is 1.14 bits per heavy atom. The first kappa shape index (κ1) is 20.2. The van der Waals surface area contributed by atoms with Crippen LogP contribution in [0.1, 0.15) is 23.1 Å². The number of nitrogens with zero attached hydrogens (tertiary/aromatic N) is 2. The molecule has 8 heteroatoms. The first-order valence-corrected chi connectivity index (χ1v) is 8.87. The van der Waals surface area contributed by atoms with Gasteiger partial charge in [-0.15, -0.1) is 0 Å². The van der Waals surface area contributed by atoms with Crippen molar-refractivity contribution >= 4 is 5.91 Å². The molecule has 0 aromatic heterocycles. The first-order chi connectivity index (χ1) is 13.2.